The molecule has 7 aromatic carbocycles. The number of benzene rings is 7. The van der Waals surface area contributed by atoms with E-state index in [1.54, 1.807) is 0 Å². The minimum atomic E-state index is -1.48. The van der Waals surface area contributed by atoms with Gasteiger partial charge in [-0.15, -0.1) is 11.1 Å². The van der Waals surface area contributed by atoms with Gasteiger partial charge >= 0.3 is 0 Å². The van der Waals surface area contributed by atoms with E-state index >= 15 is 0 Å². The van der Waals surface area contributed by atoms with Gasteiger partial charge in [0.15, 0.2) is 0 Å². The molecular formula is C46H46Si2. The zero-order valence-corrected chi connectivity index (χ0v) is 31.5. The fraction of sp³-hybridized carbons (Fsp3) is 0.261. The van der Waals surface area contributed by atoms with E-state index in [2.05, 4.69) is 162 Å². The van der Waals surface area contributed by atoms with Crippen LogP contribution >= 0.6 is 0 Å². The Balaban J connectivity index is 1.30. The molecule has 7 aromatic rings. The first-order valence-corrected chi connectivity index (χ1v) is 23.4. The van der Waals surface area contributed by atoms with Gasteiger partial charge in [0, 0.05) is 11.1 Å². The lowest BCUT2D eigenvalue weighted by atomic mass is 9.92. The minimum absolute atomic E-state index is 1.14. The Bertz CT molecular complexity index is 2290. The van der Waals surface area contributed by atoms with Crippen molar-refractivity contribution < 1.29 is 0 Å². The Kier molecular flexibility index (Phi) is 8.68. The van der Waals surface area contributed by atoms with Crippen LogP contribution in [0.3, 0.4) is 0 Å². The molecule has 0 nitrogen and oxygen atoms in total. The second-order valence-electron chi connectivity index (χ2n) is 13.8. The van der Waals surface area contributed by atoms with E-state index in [1.165, 1.54) is 101 Å². The topological polar surface area (TPSA) is 0 Å². The number of hydrogen-bond acceptors (Lipinski definition) is 0. The van der Waals surface area contributed by atoms with Gasteiger partial charge in [-0.3, -0.25) is 0 Å². The van der Waals surface area contributed by atoms with Crippen molar-refractivity contribution in [1.82, 2.24) is 0 Å². The molecule has 2 heteroatoms. The maximum absolute atomic E-state index is 3.77. The summed E-state index contributed by atoms with van der Waals surface area (Å²) >= 11 is 0. The van der Waals surface area contributed by atoms with E-state index in [0.29, 0.717) is 0 Å². The fourth-order valence-corrected chi connectivity index (χ4v) is 12.7. The lowest BCUT2D eigenvalue weighted by molar-refractivity contribution is 1.20. The van der Waals surface area contributed by atoms with Crippen molar-refractivity contribution in [3.05, 3.63) is 108 Å². The highest BCUT2D eigenvalue weighted by Gasteiger charge is 2.25. The Hall–Kier alpha value is -4.35. The summed E-state index contributed by atoms with van der Waals surface area (Å²) in [5, 5.41) is 15.5. The third kappa shape index (κ3) is 5.52. The molecule has 0 saturated carbocycles. The van der Waals surface area contributed by atoms with Crippen LogP contribution in [0.5, 0.6) is 0 Å². The van der Waals surface area contributed by atoms with Gasteiger partial charge in [0.2, 0.25) is 0 Å². The number of fused-ring (bicyclic) bond motifs is 10. The van der Waals surface area contributed by atoms with Gasteiger partial charge in [-0.1, -0.05) is 114 Å². The molecule has 0 amide bonds. The Morgan fingerprint density at radius 3 is 0.958 bits per heavy atom. The normalized spacial score (nSPS) is 12.1. The van der Waals surface area contributed by atoms with E-state index in [-0.39, 0.29) is 0 Å². The van der Waals surface area contributed by atoms with Gasteiger partial charge < -0.3 is 0 Å². The highest BCUT2D eigenvalue weighted by atomic mass is 28.3. The van der Waals surface area contributed by atoms with E-state index < -0.39 is 16.1 Å². The zero-order chi connectivity index (χ0) is 33.5. The maximum atomic E-state index is 3.77. The summed E-state index contributed by atoms with van der Waals surface area (Å²) in [4.78, 5) is 0. The predicted octanol–water partition coefficient (Wildman–Crippen LogP) is 13.4. The van der Waals surface area contributed by atoms with Gasteiger partial charge in [-0.25, -0.2) is 0 Å². The molecular weight excluding hydrogens is 609 g/mol. The van der Waals surface area contributed by atoms with Crippen molar-refractivity contribution in [2.45, 2.75) is 77.8 Å². The summed E-state index contributed by atoms with van der Waals surface area (Å²) in [6.07, 6.45) is 0. The van der Waals surface area contributed by atoms with Crippen LogP contribution < -0.4 is 0 Å². The van der Waals surface area contributed by atoms with Gasteiger partial charge in [0.05, 0.1) is 0 Å². The van der Waals surface area contributed by atoms with Crippen molar-refractivity contribution in [2.75, 3.05) is 0 Å². The molecule has 0 saturated heterocycles. The summed E-state index contributed by atoms with van der Waals surface area (Å²) in [6.45, 7) is 13.9. The largest absolute Gasteiger partial charge is 0.138 e. The highest BCUT2D eigenvalue weighted by Crippen LogP contribution is 2.37. The molecule has 0 atom stereocenters. The number of hydrogen-bond donors (Lipinski definition) is 0. The average molecular weight is 655 g/mol. The van der Waals surface area contributed by atoms with Crippen molar-refractivity contribution in [1.29, 1.82) is 0 Å². The summed E-state index contributed by atoms with van der Waals surface area (Å²) in [7, 11) is -2.95. The van der Waals surface area contributed by atoms with Crippen LogP contribution in [-0.4, -0.2) is 16.1 Å². The second-order valence-corrected chi connectivity index (χ2v) is 23.7. The molecule has 0 aromatic heterocycles. The SMILES string of the molecule is CC[Si](C#Cc1ccc2c(ccc3c4cc5ccc6c7ccc(C#C[Si](CC)(CC)CC)cc7ccc6c5cc4ccc23)c1)(CC)CC. The molecule has 7 rings (SSSR count). The van der Waals surface area contributed by atoms with Gasteiger partial charge in [-0.2, -0.15) is 0 Å². The van der Waals surface area contributed by atoms with Crippen molar-refractivity contribution >= 4 is 80.8 Å². The lowest BCUT2D eigenvalue weighted by Gasteiger charge is -2.20. The minimum Gasteiger partial charge on any atom is -0.126 e. The van der Waals surface area contributed by atoms with Crippen LogP contribution in [0.1, 0.15) is 52.7 Å². The Labute approximate surface area is 288 Å². The van der Waals surface area contributed by atoms with Crippen LogP contribution in [-0.2, 0) is 0 Å². The summed E-state index contributed by atoms with van der Waals surface area (Å²) < 4.78 is 0. The fourth-order valence-electron chi connectivity index (χ4n) is 7.85. The van der Waals surface area contributed by atoms with Crippen LogP contribution in [0.4, 0.5) is 0 Å². The monoisotopic (exact) mass is 654 g/mol. The molecule has 0 N–H and O–H groups in total. The highest BCUT2D eigenvalue weighted by molar-refractivity contribution is 6.87. The second kappa shape index (κ2) is 12.9. The third-order valence-corrected chi connectivity index (χ3v) is 21.2. The Morgan fingerprint density at radius 2 is 0.625 bits per heavy atom. The summed E-state index contributed by atoms with van der Waals surface area (Å²) in [5.74, 6) is 7.16. The molecule has 0 unspecified atom stereocenters. The van der Waals surface area contributed by atoms with Crippen LogP contribution in [0.25, 0.3) is 64.6 Å². The molecule has 0 aliphatic heterocycles. The standard InChI is InChI=1S/C46H46Si2/c1-7-47(8-2,9-3)27-25-33-13-19-39-35(29-33)15-23-43-41(39)21-17-37-32-46-38(31-45(37)43)18-22-42-40-20-14-34(30-36(40)16-24-44(42)46)26-28-48(10-4,11-5)12-6/h13-24,29-32H,7-12H2,1-6H3. The lowest BCUT2D eigenvalue weighted by Crippen LogP contribution is -2.29. The summed E-state index contributed by atoms with van der Waals surface area (Å²) in [6, 6.07) is 44.2. The van der Waals surface area contributed by atoms with Crippen molar-refractivity contribution in [3.63, 3.8) is 0 Å². The van der Waals surface area contributed by atoms with Crippen LogP contribution in [0.2, 0.25) is 36.3 Å². The molecule has 0 heterocycles. The average Bonchev–Trinajstić information content (AvgIpc) is 3.14. The smallest absolute Gasteiger partial charge is 0.126 e. The molecule has 0 radical (unpaired) electrons. The van der Waals surface area contributed by atoms with Gasteiger partial charge in [0.25, 0.3) is 0 Å². The molecule has 0 fully saturated rings. The van der Waals surface area contributed by atoms with Crippen LogP contribution in [0, 0.1) is 22.9 Å². The molecule has 238 valence electrons. The van der Waals surface area contributed by atoms with Gasteiger partial charge in [-0.05, 0) is 137 Å². The van der Waals surface area contributed by atoms with E-state index in [1.807, 2.05) is 0 Å². The first-order chi connectivity index (χ1) is 23.4. The quantitative estimate of drug-likeness (QED) is 0.0724. The number of rotatable bonds is 6. The predicted molar refractivity (Wildman–Crippen MR) is 220 cm³/mol. The Morgan fingerprint density at radius 1 is 0.333 bits per heavy atom. The molecule has 0 aliphatic rings. The van der Waals surface area contributed by atoms with E-state index in [4.69, 9.17) is 0 Å². The van der Waals surface area contributed by atoms with E-state index in [9.17, 15) is 0 Å². The molecule has 0 bridgehead atoms. The van der Waals surface area contributed by atoms with E-state index in [0.717, 1.165) is 11.1 Å². The first kappa shape index (κ1) is 32.2. The first-order valence-electron chi connectivity index (χ1n) is 18.1. The molecule has 0 spiro atoms. The van der Waals surface area contributed by atoms with Gasteiger partial charge in [0.1, 0.15) is 16.1 Å². The molecule has 0 aliphatic carbocycles. The summed E-state index contributed by atoms with van der Waals surface area (Å²) in [5.41, 5.74) is 9.81. The third-order valence-electron chi connectivity index (χ3n) is 11.8. The molecule has 48 heavy (non-hydrogen) atoms. The van der Waals surface area contributed by atoms with Crippen molar-refractivity contribution in [2.24, 2.45) is 0 Å². The zero-order valence-electron chi connectivity index (χ0n) is 29.5. The van der Waals surface area contributed by atoms with Crippen molar-refractivity contribution in [3.8, 4) is 22.9 Å². The van der Waals surface area contributed by atoms with Crippen LogP contribution in [0.15, 0.2) is 97.1 Å². The maximum Gasteiger partial charge on any atom is 0.138 e.